The van der Waals surface area contributed by atoms with Gasteiger partial charge in [0.1, 0.15) is 6.04 Å². The average molecular weight is 255 g/mol. The molecule has 0 radical (unpaired) electrons. The number of aromatic amines is 1. The van der Waals surface area contributed by atoms with Crippen LogP contribution in [0.2, 0.25) is 0 Å². The number of carbonyl (C=O) groups is 1. The van der Waals surface area contributed by atoms with Crippen LogP contribution in [0.3, 0.4) is 0 Å². The van der Waals surface area contributed by atoms with Gasteiger partial charge in [0.05, 0.1) is 0 Å². The van der Waals surface area contributed by atoms with Crippen LogP contribution < -0.4 is 0 Å². The molecule has 1 N–H and O–H groups in total. The highest BCUT2D eigenvalue weighted by Gasteiger charge is 2.25. The third-order valence-electron chi connectivity index (χ3n) is 2.76. The summed E-state index contributed by atoms with van der Waals surface area (Å²) in [6, 6.07) is -0.280. The number of nitrogens with zero attached hydrogens (tertiary/aromatic N) is 2. The summed E-state index contributed by atoms with van der Waals surface area (Å²) in [5.41, 5.74) is 0.999. The van der Waals surface area contributed by atoms with Crippen LogP contribution in [0.1, 0.15) is 39.4 Å². The molecule has 1 aromatic rings. The van der Waals surface area contributed by atoms with Gasteiger partial charge in [-0.25, -0.2) is 0 Å². The smallest absolute Gasteiger partial charge is 0.244 e. The molecule has 1 heterocycles. The molecule has 4 nitrogen and oxygen atoms in total. The molecule has 0 fully saturated rings. The number of rotatable bonds is 2. The van der Waals surface area contributed by atoms with Crippen molar-refractivity contribution in [3.8, 4) is 0 Å². The van der Waals surface area contributed by atoms with Crippen LogP contribution in [0.4, 0.5) is 0 Å². The summed E-state index contributed by atoms with van der Waals surface area (Å²) in [5.74, 6) is 0.0474. The van der Waals surface area contributed by atoms with Crippen LogP contribution in [0.15, 0.2) is 6.20 Å². The van der Waals surface area contributed by atoms with Crippen LogP contribution in [-0.2, 0) is 10.2 Å². The summed E-state index contributed by atoms with van der Waals surface area (Å²) in [7, 11) is 3.51. The van der Waals surface area contributed by atoms with E-state index in [1.54, 1.807) is 19.0 Å². The van der Waals surface area contributed by atoms with Gasteiger partial charge in [-0.05, 0) is 19.1 Å². The van der Waals surface area contributed by atoms with E-state index in [9.17, 15) is 4.79 Å². The van der Waals surface area contributed by atoms with E-state index in [-0.39, 0.29) is 17.4 Å². The van der Waals surface area contributed by atoms with E-state index in [0.29, 0.717) is 4.77 Å². The SMILES string of the molecule is CC(C(=O)N(C)C)n1c(C(C)(C)C)c[nH]c1=S. The second kappa shape index (κ2) is 4.64. The van der Waals surface area contributed by atoms with Gasteiger partial charge in [0.25, 0.3) is 0 Å². The van der Waals surface area contributed by atoms with Crippen molar-refractivity contribution in [1.29, 1.82) is 0 Å². The van der Waals surface area contributed by atoms with Crippen molar-refractivity contribution >= 4 is 18.1 Å². The molecule has 0 aliphatic carbocycles. The quantitative estimate of drug-likeness (QED) is 0.825. The zero-order chi connectivity index (χ0) is 13.4. The van der Waals surface area contributed by atoms with E-state index >= 15 is 0 Å². The molecule has 1 atom stereocenters. The summed E-state index contributed by atoms with van der Waals surface area (Å²) in [4.78, 5) is 16.6. The number of aromatic nitrogens is 2. The minimum Gasteiger partial charge on any atom is -0.347 e. The molecule has 0 spiro atoms. The Morgan fingerprint density at radius 1 is 1.47 bits per heavy atom. The van der Waals surface area contributed by atoms with Gasteiger partial charge in [-0.3, -0.25) is 4.79 Å². The third kappa shape index (κ3) is 2.77. The van der Waals surface area contributed by atoms with Crippen molar-refractivity contribution < 1.29 is 4.79 Å². The van der Waals surface area contributed by atoms with E-state index in [0.717, 1.165) is 5.69 Å². The van der Waals surface area contributed by atoms with Crippen molar-refractivity contribution in [1.82, 2.24) is 14.5 Å². The molecule has 0 aliphatic rings. The molecule has 96 valence electrons. The minimum absolute atomic E-state index is 0.0472. The number of hydrogen-bond donors (Lipinski definition) is 1. The van der Waals surface area contributed by atoms with Gasteiger partial charge in [0.15, 0.2) is 4.77 Å². The Hall–Kier alpha value is -1.10. The molecule has 1 rings (SSSR count). The summed E-state index contributed by atoms with van der Waals surface area (Å²) in [6.45, 7) is 8.19. The summed E-state index contributed by atoms with van der Waals surface area (Å²) in [5, 5.41) is 0. The van der Waals surface area contributed by atoms with E-state index in [4.69, 9.17) is 12.2 Å². The lowest BCUT2D eigenvalue weighted by Crippen LogP contribution is -2.32. The van der Waals surface area contributed by atoms with E-state index in [1.807, 2.05) is 17.7 Å². The van der Waals surface area contributed by atoms with Crippen molar-refractivity contribution in [3.63, 3.8) is 0 Å². The minimum atomic E-state index is -0.280. The van der Waals surface area contributed by atoms with E-state index < -0.39 is 0 Å². The molecule has 1 unspecified atom stereocenters. The Bertz CT molecular complexity index is 465. The standard InChI is InChI=1S/C12H21N3OS/c1-8(10(16)14(5)6)15-9(12(2,3)4)7-13-11(15)17/h7-8H,1-6H3,(H,13,17). The van der Waals surface area contributed by atoms with Crippen molar-refractivity contribution in [2.75, 3.05) is 14.1 Å². The number of hydrogen-bond acceptors (Lipinski definition) is 2. The Labute approximate surface area is 108 Å². The van der Waals surface area contributed by atoms with Gasteiger partial charge in [0.2, 0.25) is 5.91 Å². The maximum absolute atomic E-state index is 12.0. The lowest BCUT2D eigenvalue weighted by molar-refractivity contribution is -0.131. The number of nitrogens with one attached hydrogen (secondary N) is 1. The zero-order valence-corrected chi connectivity index (χ0v) is 12.2. The first kappa shape index (κ1) is 14.0. The average Bonchev–Trinajstić information content (AvgIpc) is 2.57. The Morgan fingerprint density at radius 2 is 2.00 bits per heavy atom. The zero-order valence-electron chi connectivity index (χ0n) is 11.4. The molecule has 5 heteroatoms. The number of likely N-dealkylation sites (N-methyl/N-ethyl adjacent to an activating group) is 1. The Morgan fingerprint density at radius 3 is 2.41 bits per heavy atom. The van der Waals surface area contributed by atoms with Gasteiger partial charge in [-0.1, -0.05) is 20.8 Å². The topological polar surface area (TPSA) is 41.0 Å². The highest BCUT2D eigenvalue weighted by Crippen LogP contribution is 2.25. The molecule has 0 aliphatic heterocycles. The predicted octanol–water partition coefficient (Wildman–Crippen LogP) is 2.49. The fourth-order valence-corrected chi connectivity index (χ4v) is 2.14. The van der Waals surface area contributed by atoms with Gasteiger partial charge >= 0.3 is 0 Å². The highest BCUT2D eigenvalue weighted by molar-refractivity contribution is 7.71. The molecule has 1 aromatic heterocycles. The lowest BCUT2D eigenvalue weighted by Gasteiger charge is -2.25. The molecule has 0 saturated carbocycles. The van der Waals surface area contributed by atoms with Crippen LogP contribution in [0, 0.1) is 4.77 Å². The maximum atomic E-state index is 12.0. The second-order valence-corrected chi connectivity index (χ2v) is 5.89. The molecule has 0 aromatic carbocycles. The Kier molecular flexibility index (Phi) is 3.81. The van der Waals surface area contributed by atoms with Crippen LogP contribution >= 0.6 is 12.2 Å². The van der Waals surface area contributed by atoms with Crippen LogP contribution in [-0.4, -0.2) is 34.5 Å². The van der Waals surface area contributed by atoms with Gasteiger partial charge in [-0.2, -0.15) is 0 Å². The second-order valence-electron chi connectivity index (χ2n) is 5.51. The van der Waals surface area contributed by atoms with E-state index in [2.05, 4.69) is 25.8 Å². The van der Waals surface area contributed by atoms with Crippen molar-refractivity contribution in [3.05, 3.63) is 16.7 Å². The molecule has 0 bridgehead atoms. The molecule has 1 amide bonds. The first-order valence-electron chi connectivity index (χ1n) is 5.68. The first-order chi connectivity index (χ1) is 7.66. The lowest BCUT2D eigenvalue weighted by atomic mass is 9.92. The number of imidazole rings is 1. The monoisotopic (exact) mass is 255 g/mol. The first-order valence-corrected chi connectivity index (χ1v) is 6.08. The van der Waals surface area contributed by atoms with Gasteiger partial charge < -0.3 is 14.5 Å². The van der Waals surface area contributed by atoms with Crippen LogP contribution in [0.5, 0.6) is 0 Å². The Balaban J connectivity index is 3.27. The number of H-pyrrole nitrogens is 1. The van der Waals surface area contributed by atoms with Crippen molar-refractivity contribution in [2.45, 2.75) is 39.2 Å². The third-order valence-corrected chi connectivity index (χ3v) is 3.08. The van der Waals surface area contributed by atoms with Gasteiger partial charge in [-0.15, -0.1) is 0 Å². The maximum Gasteiger partial charge on any atom is 0.244 e. The largest absolute Gasteiger partial charge is 0.347 e. The highest BCUT2D eigenvalue weighted by atomic mass is 32.1. The predicted molar refractivity (Wildman–Crippen MR) is 71.7 cm³/mol. The molecular formula is C12H21N3OS. The molecule has 0 saturated heterocycles. The molecular weight excluding hydrogens is 234 g/mol. The van der Waals surface area contributed by atoms with Crippen LogP contribution in [0.25, 0.3) is 0 Å². The molecule has 17 heavy (non-hydrogen) atoms. The number of carbonyl (C=O) groups excluding carboxylic acids is 1. The number of amides is 1. The fourth-order valence-electron chi connectivity index (χ4n) is 1.83. The summed E-state index contributed by atoms with van der Waals surface area (Å²) < 4.78 is 2.50. The fraction of sp³-hybridized carbons (Fsp3) is 0.667. The van der Waals surface area contributed by atoms with Gasteiger partial charge in [0, 0.05) is 31.4 Å². The van der Waals surface area contributed by atoms with E-state index in [1.165, 1.54) is 0 Å². The van der Waals surface area contributed by atoms with Crippen molar-refractivity contribution in [2.24, 2.45) is 0 Å². The summed E-state index contributed by atoms with van der Waals surface area (Å²) >= 11 is 5.26. The normalized spacial score (nSPS) is 13.5. The summed E-state index contributed by atoms with van der Waals surface area (Å²) in [6.07, 6.45) is 1.89.